The van der Waals surface area contributed by atoms with E-state index < -0.39 is 0 Å². The van der Waals surface area contributed by atoms with Crippen LogP contribution in [0, 0.1) is 16.6 Å². The van der Waals surface area contributed by atoms with Gasteiger partial charge >= 0.3 is 0 Å². The molecule has 0 amide bonds. The molecule has 1 aromatic carbocycles. The average Bonchev–Trinajstić information content (AvgIpc) is 2.34. The average molecular weight is 263 g/mol. The maximum absolute atomic E-state index is 14.2. The van der Waals surface area contributed by atoms with Gasteiger partial charge in [0.05, 0.1) is 5.56 Å². The van der Waals surface area contributed by atoms with Crippen molar-refractivity contribution in [2.75, 3.05) is 13.1 Å². The second-order valence-electron chi connectivity index (χ2n) is 6.13. The zero-order chi connectivity index (χ0) is 14.0. The van der Waals surface area contributed by atoms with Gasteiger partial charge in [0.1, 0.15) is 11.7 Å². The van der Waals surface area contributed by atoms with Gasteiger partial charge in [0.2, 0.25) is 0 Å². The molecule has 1 heterocycles. The molecule has 19 heavy (non-hydrogen) atoms. The minimum absolute atomic E-state index is 0.204. The van der Waals surface area contributed by atoms with Crippen molar-refractivity contribution in [2.24, 2.45) is 11.1 Å². The van der Waals surface area contributed by atoms with Crippen molar-refractivity contribution in [3.63, 3.8) is 0 Å². The molecule has 0 atom stereocenters. The van der Waals surface area contributed by atoms with Crippen LogP contribution in [0.5, 0.6) is 0 Å². The Bertz CT molecular complexity index is 472. The predicted octanol–water partition coefficient (Wildman–Crippen LogP) is 2.73. The largest absolute Gasteiger partial charge is 0.384 e. The topological polar surface area (TPSA) is 53.1 Å². The summed E-state index contributed by atoms with van der Waals surface area (Å²) in [5.41, 5.74) is 6.62. The fourth-order valence-corrected chi connectivity index (χ4v) is 2.47. The third kappa shape index (κ3) is 3.32. The van der Waals surface area contributed by atoms with Gasteiger partial charge in [-0.2, -0.15) is 0 Å². The lowest BCUT2D eigenvalue weighted by Gasteiger charge is -2.37. The first-order valence-electron chi connectivity index (χ1n) is 6.73. The number of nitrogen functional groups attached to an aromatic ring is 1. The third-order valence-corrected chi connectivity index (χ3v) is 3.97. The molecule has 0 aliphatic carbocycles. The summed E-state index contributed by atoms with van der Waals surface area (Å²) in [6.07, 6.45) is 2.28. The van der Waals surface area contributed by atoms with Crippen LogP contribution in [0.15, 0.2) is 18.2 Å². The van der Waals surface area contributed by atoms with Crippen molar-refractivity contribution in [1.82, 2.24) is 4.90 Å². The minimum Gasteiger partial charge on any atom is -0.384 e. The fraction of sp³-hybridized carbons (Fsp3) is 0.533. The number of halogens is 1. The summed E-state index contributed by atoms with van der Waals surface area (Å²) in [6.45, 7) is 7.15. The van der Waals surface area contributed by atoms with Crippen LogP contribution < -0.4 is 5.73 Å². The summed E-state index contributed by atoms with van der Waals surface area (Å²) in [7, 11) is 0. The van der Waals surface area contributed by atoms with Crippen molar-refractivity contribution in [1.29, 1.82) is 5.41 Å². The molecule has 3 N–H and O–H groups in total. The third-order valence-electron chi connectivity index (χ3n) is 3.97. The highest BCUT2D eigenvalue weighted by Gasteiger charge is 2.25. The van der Waals surface area contributed by atoms with Gasteiger partial charge < -0.3 is 5.73 Å². The first kappa shape index (κ1) is 14.0. The van der Waals surface area contributed by atoms with Gasteiger partial charge in [-0.1, -0.05) is 26.0 Å². The van der Waals surface area contributed by atoms with Gasteiger partial charge in [-0.25, -0.2) is 4.39 Å². The molecule has 1 aromatic rings. The predicted molar refractivity (Wildman–Crippen MR) is 75.7 cm³/mol. The summed E-state index contributed by atoms with van der Waals surface area (Å²) in [5, 5.41) is 7.37. The monoisotopic (exact) mass is 263 g/mol. The van der Waals surface area contributed by atoms with E-state index in [-0.39, 0.29) is 17.2 Å². The van der Waals surface area contributed by atoms with E-state index in [0.717, 1.165) is 25.9 Å². The van der Waals surface area contributed by atoms with Gasteiger partial charge in [-0.15, -0.1) is 0 Å². The molecule has 1 aliphatic heterocycles. The van der Waals surface area contributed by atoms with Crippen LogP contribution in [0.3, 0.4) is 0 Å². The molecule has 0 radical (unpaired) electrons. The Morgan fingerprint density at radius 2 is 2.00 bits per heavy atom. The quantitative estimate of drug-likeness (QED) is 0.651. The van der Waals surface area contributed by atoms with Crippen LogP contribution in [0.25, 0.3) is 0 Å². The van der Waals surface area contributed by atoms with Crippen molar-refractivity contribution in [2.45, 2.75) is 33.2 Å². The van der Waals surface area contributed by atoms with E-state index in [1.54, 1.807) is 18.2 Å². The van der Waals surface area contributed by atoms with Crippen molar-refractivity contribution in [3.8, 4) is 0 Å². The van der Waals surface area contributed by atoms with Crippen LogP contribution in [0.1, 0.15) is 37.8 Å². The summed E-state index contributed by atoms with van der Waals surface area (Å²) in [4.78, 5) is 2.27. The summed E-state index contributed by atoms with van der Waals surface area (Å²) in [5.74, 6) is -0.557. The van der Waals surface area contributed by atoms with E-state index in [4.69, 9.17) is 11.1 Å². The summed E-state index contributed by atoms with van der Waals surface area (Å²) >= 11 is 0. The number of likely N-dealkylation sites (tertiary alicyclic amines) is 1. The van der Waals surface area contributed by atoms with Gasteiger partial charge in [-0.3, -0.25) is 10.3 Å². The van der Waals surface area contributed by atoms with E-state index >= 15 is 0 Å². The number of nitrogens with two attached hydrogens (primary N) is 1. The van der Waals surface area contributed by atoms with Crippen molar-refractivity contribution in [3.05, 3.63) is 35.1 Å². The van der Waals surface area contributed by atoms with Gasteiger partial charge in [-0.05, 0) is 37.4 Å². The molecule has 3 nitrogen and oxygen atoms in total. The first-order valence-corrected chi connectivity index (χ1v) is 6.73. The second kappa shape index (κ2) is 5.29. The highest BCUT2D eigenvalue weighted by Crippen LogP contribution is 2.30. The maximum Gasteiger partial charge on any atom is 0.138 e. The van der Waals surface area contributed by atoms with Crippen LogP contribution in [-0.2, 0) is 6.54 Å². The molecule has 1 saturated heterocycles. The second-order valence-corrected chi connectivity index (χ2v) is 6.13. The number of benzene rings is 1. The first-order chi connectivity index (χ1) is 8.89. The molecule has 0 spiro atoms. The molecule has 0 saturated carbocycles. The lowest BCUT2D eigenvalue weighted by molar-refractivity contribution is 0.126. The van der Waals surface area contributed by atoms with Gasteiger partial charge in [0.25, 0.3) is 0 Å². The molecule has 104 valence electrons. The van der Waals surface area contributed by atoms with E-state index in [2.05, 4.69) is 18.7 Å². The maximum atomic E-state index is 14.2. The number of amidine groups is 1. The number of rotatable bonds is 3. The Kier molecular flexibility index (Phi) is 3.90. The van der Waals surface area contributed by atoms with Crippen LogP contribution in [0.4, 0.5) is 4.39 Å². The minimum atomic E-state index is -0.347. The number of hydrogen-bond acceptors (Lipinski definition) is 2. The molecular formula is C15H22FN3. The highest BCUT2D eigenvalue weighted by molar-refractivity contribution is 5.95. The Morgan fingerprint density at radius 1 is 1.37 bits per heavy atom. The zero-order valence-electron chi connectivity index (χ0n) is 11.7. The number of hydrogen-bond donors (Lipinski definition) is 2. The van der Waals surface area contributed by atoms with Crippen LogP contribution in [-0.4, -0.2) is 23.8 Å². The Balaban J connectivity index is 2.08. The number of nitrogens with zero attached hydrogens (tertiary/aromatic N) is 1. The lowest BCUT2D eigenvalue weighted by atomic mass is 9.82. The number of nitrogens with one attached hydrogen (secondary N) is 1. The van der Waals surface area contributed by atoms with E-state index in [1.165, 1.54) is 0 Å². The van der Waals surface area contributed by atoms with E-state index in [0.29, 0.717) is 17.5 Å². The van der Waals surface area contributed by atoms with Crippen molar-refractivity contribution < 1.29 is 4.39 Å². The Labute approximate surface area is 114 Å². The summed E-state index contributed by atoms with van der Waals surface area (Å²) in [6, 6.07) is 5.10. The van der Waals surface area contributed by atoms with E-state index in [1.807, 2.05) is 0 Å². The number of piperidine rings is 1. The smallest absolute Gasteiger partial charge is 0.138 e. The van der Waals surface area contributed by atoms with E-state index in [9.17, 15) is 4.39 Å². The van der Waals surface area contributed by atoms with Gasteiger partial charge in [0.15, 0.2) is 0 Å². The summed E-state index contributed by atoms with van der Waals surface area (Å²) < 4.78 is 14.2. The van der Waals surface area contributed by atoms with Gasteiger partial charge in [0, 0.05) is 12.1 Å². The van der Waals surface area contributed by atoms with Crippen LogP contribution in [0.2, 0.25) is 0 Å². The SMILES string of the molecule is CC1(C)CCN(Cc2cccc(C(=N)N)c2F)CC1. The molecule has 0 unspecified atom stereocenters. The molecule has 1 aliphatic rings. The van der Waals surface area contributed by atoms with Crippen LogP contribution >= 0.6 is 0 Å². The van der Waals surface area contributed by atoms with Crippen molar-refractivity contribution >= 4 is 5.84 Å². The molecule has 1 fully saturated rings. The Morgan fingerprint density at radius 3 is 2.58 bits per heavy atom. The standard InChI is InChI=1S/C15H22FN3/c1-15(2)6-8-19(9-7-15)10-11-4-3-5-12(13(11)16)14(17)18/h3-5H,6-10H2,1-2H3,(H3,17,18). The highest BCUT2D eigenvalue weighted by atomic mass is 19.1. The molecule has 0 bridgehead atoms. The molecular weight excluding hydrogens is 241 g/mol. The molecule has 4 heteroatoms. The Hall–Kier alpha value is -1.42. The fourth-order valence-electron chi connectivity index (χ4n) is 2.47. The molecule has 2 rings (SSSR count). The lowest BCUT2D eigenvalue weighted by Crippen LogP contribution is -2.37. The normalized spacial score (nSPS) is 19.3. The molecule has 0 aromatic heterocycles. The zero-order valence-corrected chi connectivity index (χ0v) is 11.7.